The van der Waals surface area contributed by atoms with Crippen molar-refractivity contribution in [1.82, 2.24) is 16.0 Å². The number of nitrogens with one attached hydrogen (secondary N) is 3. The Kier molecular flexibility index (Phi) is 12.0. The van der Waals surface area contributed by atoms with Crippen LogP contribution in [-0.2, 0) is 19.2 Å². The summed E-state index contributed by atoms with van der Waals surface area (Å²) >= 11 is 0. The third-order valence-corrected chi connectivity index (χ3v) is 4.04. The standard InChI is InChI=1S/C17H33N5O6/c1-9(2)13(17(27)28)21-12(24)8-20-16(26)14(10(3)23)22-15(25)11(19)6-4-5-7-18/h9-11,13-14,23H,4-8,18-19H2,1-3H3,(H,20,26)(H,21,24)(H,22,25)(H,27,28). The fourth-order valence-corrected chi connectivity index (χ4v) is 2.32. The molecule has 0 aliphatic rings. The second kappa shape index (κ2) is 13.0. The van der Waals surface area contributed by atoms with Crippen LogP contribution in [0.3, 0.4) is 0 Å². The Morgan fingerprint density at radius 1 is 0.964 bits per heavy atom. The summed E-state index contributed by atoms with van der Waals surface area (Å²) in [6.45, 7) is 4.55. The van der Waals surface area contributed by atoms with Crippen LogP contribution in [0.2, 0.25) is 0 Å². The first-order valence-corrected chi connectivity index (χ1v) is 9.25. The molecule has 0 aromatic heterocycles. The van der Waals surface area contributed by atoms with Crippen molar-refractivity contribution >= 4 is 23.7 Å². The highest BCUT2D eigenvalue weighted by atomic mass is 16.4. The number of carbonyl (C=O) groups is 4. The molecular formula is C17H33N5O6. The van der Waals surface area contributed by atoms with Gasteiger partial charge in [-0.2, -0.15) is 0 Å². The first-order valence-electron chi connectivity index (χ1n) is 9.25. The van der Waals surface area contributed by atoms with Gasteiger partial charge >= 0.3 is 5.97 Å². The number of unbranched alkanes of at least 4 members (excludes halogenated alkanes) is 1. The van der Waals surface area contributed by atoms with Gasteiger partial charge in [-0.25, -0.2) is 4.79 Å². The van der Waals surface area contributed by atoms with Gasteiger partial charge in [0.25, 0.3) is 0 Å². The summed E-state index contributed by atoms with van der Waals surface area (Å²) in [5.41, 5.74) is 11.1. The molecule has 11 nitrogen and oxygen atoms in total. The Morgan fingerprint density at radius 2 is 1.57 bits per heavy atom. The van der Waals surface area contributed by atoms with Crippen molar-refractivity contribution in [1.29, 1.82) is 0 Å². The number of rotatable bonds is 13. The number of carboxylic acids is 1. The van der Waals surface area contributed by atoms with Gasteiger partial charge < -0.3 is 37.6 Å². The van der Waals surface area contributed by atoms with Crippen molar-refractivity contribution < 1.29 is 29.4 Å². The smallest absolute Gasteiger partial charge is 0.326 e. The van der Waals surface area contributed by atoms with E-state index in [9.17, 15) is 24.3 Å². The molecule has 0 spiro atoms. The molecule has 0 heterocycles. The molecule has 0 rings (SSSR count). The molecule has 0 aliphatic carbocycles. The Labute approximate surface area is 164 Å². The molecule has 0 bridgehead atoms. The summed E-state index contributed by atoms with van der Waals surface area (Å²) in [4.78, 5) is 47.3. The Bertz CT molecular complexity index is 540. The number of hydrogen-bond donors (Lipinski definition) is 7. The summed E-state index contributed by atoms with van der Waals surface area (Å²) in [7, 11) is 0. The van der Waals surface area contributed by atoms with E-state index in [0.717, 1.165) is 0 Å². The van der Waals surface area contributed by atoms with Crippen LogP contribution in [0.4, 0.5) is 0 Å². The van der Waals surface area contributed by atoms with Crippen molar-refractivity contribution in [3.05, 3.63) is 0 Å². The van der Waals surface area contributed by atoms with Gasteiger partial charge in [0.05, 0.1) is 18.7 Å². The lowest BCUT2D eigenvalue weighted by atomic mass is 10.0. The van der Waals surface area contributed by atoms with Gasteiger partial charge in [-0.15, -0.1) is 0 Å². The number of hydrogen-bond acceptors (Lipinski definition) is 7. The van der Waals surface area contributed by atoms with Crippen LogP contribution < -0.4 is 27.4 Å². The molecule has 28 heavy (non-hydrogen) atoms. The SMILES string of the molecule is CC(C)C(NC(=O)CNC(=O)C(NC(=O)C(N)CCCCN)C(C)O)C(=O)O. The minimum absolute atomic E-state index is 0.345. The maximum absolute atomic E-state index is 12.2. The Morgan fingerprint density at radius 3 is 2.04 bits per heavy atom. The number of carboxylic acid groups (broad SMARTS) is 1. The molecule has 0 aliphatic heterocycles. The summed E-state index contributed by atoms with van der Waals surface area (Å²) in [6, 6.07) is -3.25. The van der Waals surface area contributed by atoms with Crippen LogP contribution in [0.5, 0.6) is 0 Å². The maximum atomic E-state index is 12.2. The van der Waals surface area contributed by atoms with Crippen LogP contribution in [0.1, 0.15) is 40.0 Å². The van der Waals surface area contributed by atoms with Crippen LogP contribution in [0.25, 0.3) is 0 Å². The zero-order valence-corrected chi connectivity index (χ0v) is 16.6. The van der Waals surface area contributed by atoms with E-state index in [1.165, 1.54) is 6.92 Å². The lowest BCUT2D eigenvalue weighted by Crippen LogP contribution is -2.57. The molecule has 9 N–H and O–H groups in total. The second-order valence-electron chi connectivity index (χ2n) is 6.96. The molecule has 0 fully saturated rings. The molecule has 0 aromatic carbocycles. The number of aliphatic carboxylic acids is 1. The van der Waals surface area contributed by atoms with Gasteiger partial charge in [-0.05, 0) is 32.2 Å². The average Bonchev–Trinajstić information content (AvgIpc) is 2.61. The predicted octanol–water partition coefficient (Wildman–Crippen LogP) is -2.35. The van der Waals surface area contributed by atoms with Crippen molar-refractivity contribution in [3.8, 4) is 0 Å². The van der Waals surface area contributed by atoms with Crippen molar-refractivity contribution in [2.45, 2.75) is 64.3 Å². The van der Waals surface area contributed by atoms with Crippen LogP contribution in [0, 0.1) is 5.92 Å². The van der Waals surface area contributed by atoms with Gasteiger partial charge in [0, 0.05) is 0 Å². The minimum atomic E-state index is -1.30. The topological polar surface area (TPSA) is 197 Å². The summed E-state index contributed by atoms with van der Waals surface area (Å²) in [5, 5.41) is 25.8. The monoisotopic (exact) mass is 403 g/mol. The van der Waals surface area contributed by atoms with E-state index >= 15 is 0 Å². The fraction of sp³-hybridized carbons (Fsp3) is 0.765. The van der Waals surface area contributed by atoms with Gasteiger partial charge in [0.2, 0.25) is 17.7 Å². The lowest BCUT2D eigenvalue weighted by molar-refractivity contribution is -0.143. The van der Waals surface area contributed by atoms with E-state index in [1.54, 1.807) is 13.8 Å². The molecule has 0 saturated carbocycles. The van der Waals surface area contributed by atoms with Crippen LogP contribution in [-0.4, -0.2) is 71.2 Å². The van der Waals surface area contributed by atoms with Gasteiger partial charge in [0.15, 0.2) is 0 Å². The van der Waals surface area contributed by atoms with E-state index in [4.69, 9.17) is 16.6 Å². The highest BCUT2D eigenvalue weighted by Crippen LogP contribution is 2.02. The Hall–Kier alpha value is -2.24. The van der Waals surface area contributed by atoms with E-state index in [1.807, 2.05) is 0 Å². The highest BCUT2D eigenvalue weighted by molar-refractivity contribution is 5.92. The summed E-state index contributed by atoms with van der Waals surface area (Å²) < 4.78 is 0. The molecule has 3 amide bonds. The molecule has 162 valence electrons. The quantitative estimate of drug-likeness (QED) is 0.166. The number of carbonyl (C=O) groups excluding carboxylic acids is 3. The van der Waals surface area contributed by atoms with E-state index in [0.29, 0.717) is 25.8 Å². The molecular weight excluding hydrogens is 370 g/mol. The zero-order valence-electron chi connectivity index (χ0n) is 16.6. The van der Waals surface area contributed by atoms with E-state index in [-0.39, 0.29) is 5.92 Å². The minimum Gasteiger partial charge on any atom is -0.480 e. The lowest BCUT2D eigenvalue weighted by Gasteiger charge is -2.23. The number of amides is 3. The summed E-state index contributed by atoms with van der Waals surface area (Å²) in [6.07, 6.45) is 0.512. The van der Waals surface area contributed by atoms with Gasteiger partial charge in [-0.3, -0.25) is 14.4 Å². The second-order valence-corrected chi connectivity index (χ2v) is 6.96. The van der Waals surface area contributed by atoms with Gasteiger partial charge in [-0.1, -0.05) is 20.3 Å². The molecule has 11 heteroatoms. The third-order valence-electron chi connectivity index (χ3n) is 4.04. The molecule has 0 saturated heterocycles. The highest BCUT2D eigenvalue weighted by Gasteiger charge is 2.28. The molecule has 0 radical (unpaired) electrons. The normalized spacial score (nSPS) is 15.2. The van der Waals surface area contributed by atoms with Crippen LogP contribution >= 0.6 is 0 Å². The first-order chi connectivity index (χ1) is 13.0. The molecule has 4 unspecified atom stereocenters. The maximum Gasteiger partial charge on any atom is 0.326 e. The van der Waals surface area contributed by atoms with Crippen molar-refractivity contribution in [2.24, 2.45) is 17.4 Å². The predicted molar refractivity (Wildman–Crippen MR) is 102 cm³/mol. The number of aliphatic hydroxyl groups excluding tert-OH is 1. The molecule has 0 aromatic rings. The Balaban J connectivity index is 4.68. The molecule has 4 atom stereocenters. The van der Waals surface area contributed by atoms with Crippen molar-refractivity contribution in [3.63, 3.8) is 0 Å². The number of aliphatic hydroxyl groups is 1. The van der Waals surface area contributed by atoms with E-state index < -0.39 is 54.5 Å². The summed E-state index contributed by atoms with van der Waals surface area (Å²) in [5.74, 6) is -3.63. The van der Waals surface area contributed by atoms with Crippen LogP contribution in [0.15, 0.2) is 0 Å². The number of nitrogens with two attached hydrogens (primary N) is 2. The zero-order chi connectivity index (χ0) is 21.9. The largest absolute Gasteiger partial charge is 0.480 e. The van der Waals surface area contributed by atoms with Gasteiger partial charge in [0.1, 0.15) is 12.1 Å². The van der Waals surface area contributed by atoms with Crippen molar-refractivity contribution in [2.75, 3.05) is 13.1 Å². The average molecular weight is 403 g/mol. The first kappa shape index (κ1) is 25.8. The fourth-order valence-electron chi connectivity index (χ4n) is 2.32. The van der Waals surface area contributed by atoms with E-state index in [2.05, 4.69) is 16.0 Å². The third kappa shape index (κ3) is 9.62.